The molecule has 184 valence electrons. The van der Waals surface area contributed by atoms with Crippen LogP contribution in [0.15, 0.2) is 59.8 Å². The second kappa shape index (κ2) is 9.79. The average Bonchev–Trinajstić information content (AvgIpc) is 3.37. The van der Waals surface area contributed by atoms with Crippen molar-refractivity contribution in [1.82, 2.24) is 24.3 Å². The number of carbonyl (C=O) groups excluding carboxylic acids is 1. The largest absolute Gasteiger partial charge is 0.396 e. The van der Waals surface area contributed by atoms with Crippen LogP contribution in [0.2, 0.25) is 0 Å². The fourth-order valence-corrected chi connectivity index (χ4v) is 5.95. The van der Waals surface area contributed by atoms with Gasteiger partial charge in [0.2, 0.25) is 5.91 Å². The van der Waals surface area contributed by atoms with E-state index in [0.717, 1.165) is 29.9 Å². The first-order valence-corrected chi connectivity index (χ1v) is 12.4. The second-order valence-electron chi connectivity index (χ2n) is 9.65. The minimum Gasteiger partial charge on any atom is -0.396 e. The highest BCUT2D eigenvalue weighted by Gasteiger charge is 2.55. The first-order valence-electron chi connectivity index (χ1n) is 12.4. The summed E-state index contributed by atoms with van der Waals surface area (Å²) in [6.45, 7) is 3.81. The molecule has 0 aliphatic carbocycles. The number of carbonyl (C=O) groups is 1. The number of amides is 1. The lowest BCUT2D eigenvalue weighted by Crippen LogP contribution is -2.47. The van der Waals surface area contributed by atoms with Gasteiger partial charge in [-0.25, -0.2) is 4.98 Å². The van der Waals surface area contributed by atoms with E-state index in [0.29, 0.717) is 25.1 Å². The maximum Gasteiger partial charge on any atom is 0.258 e. The van der Waals surface area contributed by atoms with Crippen LogP contribution in [-0.2, 0) is 24.8 Å². The number of aromatic nitrogens is 3. The molecular formula is C27H33N5O3. The van der Waals surface area contributed by atoms with Crippen LogP contribution in [0, 0.1) is 11.8 Å². The molecule has 8 heteroatoms. The minimum atomic E-state index is -0.420. The fraction of sp³-hybridized carbons (Fsp3) is 0.444. The predicted octanol–water partition coefficient (Wildman–Crippen LogP) is 1.98. The Morgan fingerprint density at radius 1 is 1.20 bits per heavy atom. The molecule has 8 nitrogen and oxygen atoms in total. The molecule has 0 radical (unpaired) electrons. The number of benzene rings is 1. The van der Waals surface area contributed by atoms with Gasteiger partial charge < -0.3 is 19.6 Å². The van der Waals surface area contributed by atoms with Gasteiger partial charge in [0.05, 0.1) is 24.0 Å². The van der Waals surface area contributed by atoms with Crippen LogP contribution in [0.5, 0.6) is 0 Å². The highest BCUT2D eigenvalue weighted by Crippen LogP contribution is 2.48. The van der Waals surface area contributed by atoms with Gasteiger partial charge in [-0.3, -0.25) is 14.5 Å². The standard InChI is InChI=1S/C27H33N5O3/c1-3-13-31-23-15-32-22(10-9-20(27(32)35)18-7-5-4-6-8-18)25(31)24(21(23)16-33)26(34)28-12-11-19-14-30(2)17-29-19/h4-10,14,17,21,23-25,33H,3,11-13,15-16H2,1-2H3,(H,28,34)/t21-,23-,24+,25+/m1/s1. The van der Waals surface area contributed by atoms with Crippen molar-refractivity contribution in [3.05, 3.63) is 76.7 Å². The number of aliphatic hydroxyl groups excluding tert-OH is 1. The number of rotatable bonds is 8. The fourth-order valence-electron chi connectivity index (χ4n) is 5.95. The summed E-state index contributed by atoms with van der Waals surface area (Å²) in [5.41, 5.74) is 3.30. The molecule has 5 rings (SSSR count). The molecule has 1 amide bonds. The van der Waals surface area contributed by atoms with Gasteiger partial charge in [-0.05, 0) is 30.7 Å². The van der Waals surface area contributed by atoms with Crippen molar-refractivity contribution >= 4 is 5.91 Å². The Labute approximate surface area is 205 Å². The Balaban J connectivity index is 1.46. The Hall–Kier alpha value is -3.23. The van der Waals surface area contributed by atoms with E-state index in [9.17, 15) is 14.7 Å². The van der Waals surface area contributed by atoms with Gasteiger partial charge in [0, 0.05) is 62.6 Å². The number of hydrogen-bond donors (Lipinski definition) is 2. The van der Waals surface area contributed by atoms with Crippen LogP contribution in [0.4, 0.5) is 0 Å². The Bertz CT molecular complexity index is 1250. The van der Waals surface area contributed by atoms with E-state index in [2.05, 4.69) is 22.1 Å². The molecule has 2 bridgehead atoms. The molecule has 2 aliphatic rings. The topological polar surface area (TPSA) is 92.4 Å². The minimum absolute atomic E-state index is 0.0345. The van der Waals surface area contributed by atoms with E-state index in [-0.39, 0.29) is 36.1 Å². The number of pyridine rings is 1. The highest BCUT2D eigenvalue weighted by atomic mass is 16.3. The van der Waals surface area contributed by atoms with E-state index in [1.54, 1.807) is 6.33 Å². The monoisotopic (exact) mass is 475 g/mol. The number of nitrogens with one attached hydrogen (secondary N) is 1. The van der Waals surface area contributed by atoms with Crippen LogP contribution >= 0.6 is 0 Å². The summed E-state index contributed by atoms with van der Waals surface area (Å²) in [7, 11) is 1.92. The highest BCUT2D eigenvalue weighted by molar-refractivity contribution is 5.80. The third-order valence-corrected chi connectivity index (χ3v) is 7.48. The van der Waals surface area contributed by atoms with Crippen molar-refractivity contribution < 1.29 is 9.90 Å². The number of aliphatic hydroxyl groups is 1. The molecule has 1 fully saturated rings. The third-order valence-electron chi connectivity index (χ3n) is 7.48. The van der Waals surface area contributed by atoms with Crippen LogP contribution in [-0.4, -0.2) is 55.8 Å². The van der Waals surface area contributed by atoms with E-state index in [1.165, 1.54) is 0 Å². The predicted molar refractivity (Wildman–Crippen MR) is 134 cm³/mol. The molecule has 1 saturated heterocycles. The van der Waals surface area contributed by atoms with Crippen molar-refractivity contribution in [1.29, 1.82) is 0 Å². The molecule has 3 aromatic rings. The summed E-state index contributed by atoms with van der Waals surface area (Å²) in [6, 6.07) is 13.3. The van der Waals surface area contributed by atoms with E-state index in [4.69, 9.17) is 0 Å². The first-order chi connectivity index (χ1) is 17.0. The zero-order valence-electron chi connectivity index (χ0n) is 20.3. The maximum absolute atomic E-state index is 13.6. The van der Waals surface area contributed by atoms with Crippen LogP contribution in [0.1, 0.15) is 30.8 Å². The summed E-state index contributed by atoms with van der Waals surface area (Å²) >= 11 is 0. The summed E-state index contributed by atoms with van der Waals surface area (Å²) in [4.78, 5) is 33.8. The molecule has 4 heterocycles. The molecule has 0 spiro atoms. The number of imidazole rings is 1. The van der Waals surface area contributed by atoms with Crippen molar-refractivity contribution in [2.24, 2.45) is 18.9 Å². The van der Waals surface area contributed by atoms with Crippen molar-refractivity contribution in [2.75, 3.05) is 19.7 Å². The average molecular weight is 476 g/mol. The maximum atomic E-state index is 13.6. The molecule has 2 N–H and O–H groups in total. The van der Waals surface area contributed by atoms with Crippen LogP contribution in [0.25, 0.3) is 11.1 Å². The zero-order chi connectivity index (χ0) is 24.5. The van der Waals surface area contributed by atoms with E-state index in [1.807, 2.05) is 64.8 Å². The molecule has 2 aromatic heterocycles. The van der Waals surface area contributed by atoms with E-state index >= 15 is 0 Å². The molecule has 35 heavy (non-hydrogen) atoms. The summed E-state index contributed by atoms with van der Waals surface area (Å²) in [5.74, 6) is -0.724. The van der Waals surface area contributed by atoms with Gasteiger partial charge in [0.25, 0.3) is 5.56 Å². The van der Waals surface area contributed by atoms with Gasteiger partial charge in [0.15, 0.2) is 0 Å². The SMILES string of the molecule is CCCN1[C@@H]2Cn3c(ccc(-c4ccccc4)c3=O)[C@H]1[C@@H](C(=O)NCCc1cn(C)cn1)[C@@H]2CO. The number of nitrogens with zero attached hydrogens (tertiary/aromatic N) is 4. The number of aryl methyl sites for hydroxylation is 1. The number of hydrogen-bond acceptors (Lipinski definition) is 5. The molecule has 0 unspecified atom stereocenters. The van der Waals surface area contributed by atoms with Gasteiger partial charge in [-0.1, -0.05) is 37.3 Å². The Morgan fingerprint density at radius 3 is 2.69 bits per heavy atom. The summed E-state index contributed by atoms with van der Waals surface area (Å²) in [6.07, 6.45) is 5.28. The van der Waals surface area contributed by atoms with Crippen molar-refractivity contribution in [2.45, 2.75) is 38.4 Å². The lowest BCUT2D eigenvalue weighted by molar-refractivity contribution is -0.127. The third kappa shape index (κ3) is 4.21. The van der Waals surface area contributed by atoms with Gasteiger partial charge in [-0.15, -0.1) is 0 Å². The molecule has 4 atom stereocenters. The Morgan fingerprint density at radius 2 is 2.00 bits per heavy atom. The number of fused-ring (bicyclic) bond motifs is 4. The van der Waals surface area contributed by atoms with Gasteiger partial charge in [-0.2, -0.15) is 0 Å². The Kier molecular flexibility index (Phi) is 6.58. The lowest BCUT2D eigenvalue weighted by Gasteiger charge is -2.38. The second-order valence-corrected chi connectivity index (χ2v) is 9.65. The zero-order valence-corrected chi connectivity index (χ0v) is 20.3. The van der Waals surface area contributed by atoms with Gasteiger partial charge >= 0.3 is 0 Å². The summed E-state index contributed by atoms with van der Waals surface area (Å²) in [5, 5.41) is 13.5. The van der Waals surface area contributed by atoms with Crippen molar-refractivity contribution in [3.8, 4) is 11.1 Å². The molecule has 2 aliphatic heterocycles. The van der Waals surface area contributed by atoms with Crippen LogP contribution < -0.4 is 10.9 Å². The smallest absolute Gasteiger partial charge is 0.258 e. The van der Waals surface area contributed by atoms with Crippen LogP contribution in [0.3, 0.4) is 0 Å². The molecular weight excluding hydrogens is 442 g/mol. The summed E-state index contributed by atoms with van der Waals surface area (Å²) < 4.78 is 3.73. The van der Waals surface area contributed by atoms with Crippen molar-refractivity contribution in [3.63, 3.8) is 0 Å². The first kappa shape index (κ1) is 23.5. The molecule has 0 saturated carbocycles. The lowest BCUT2D eigenvalue weighted by atomic mass is 9.86. The normalized spacial score (nSPS) is 23.3. The quantitative estimate of drug-likeness (QED) is 0.520. The molecule has 1 aromatic carbocycles. The van der Waals surface area contributed by atoms with E-state index < -0.39 is 5.92 Å². The van der Waals surface area contributed by atoms with Gasteiger partial charge in [0.1, 0.15) is 0 Å².